The molecule has 0 atom stereocenters. The van der Waals surface area contributed by atoms with E-state index in [0.29, 0.717) is 17.3 Å². The topological polar surface area (TPSA) is 45.0 Å². The fourth-order valence-corrected chi connectivity index (χ4v) is 0.715. The van der Waals surface area contributed by atoms with Gasteiger partial charge in [-0.1, -0.05) is 11.6 Å². The van der Waals surface area contributed by atoms with E-state index >= 15 is 0 Å². The molecule has 0 aromatic rings. The van der Waals surface area contributed by atoms with Crippen molar-refractivity contribution < 1.29 is 103 Å². The first kappa shape index (κ1) is 20.3. The van der Waals surface area contributed by atoms with Crippen LogP contribution < -0.4 is 0 Å². The Morgan fingerprint density at radius 2 is 1.75 bits per heavy atom. The Morgan fingerprint density at radius 3 is 2.08 bits per heavy atom. The van der Waals surface area contributed by atoms with Gasteiger partial charge in [-0.3, -0.25) is 0 Å². The molecule has 1 aliphatic heterocycles. The molecule has 0 aliphatic carbocycles. The number of aliphatic hydroxyl groups is 1. The second kappa shape index (κ2) is 12.0. The minimum atomic E-state index is -0.00628. The van der Waals surface area contributed by atoms with Crippen molar-refractivity contribution in [1.82, 2.24) is 0 Å². The van der Waals surface area contributed by atoms with Crippen LogP contribution in [0.1, 0.15) is 12.8 Å². The summed E-state index contributed by atoms with van der Waals surface area (Å²) < 4.78 is 0. The molecule has 3 radical (unpaired) electrons. The summed E-state index contributed by atoms with van der Waals surface area (Å²) in [6, 6.07) is 0. The van der Waals surface area contributed by atoms with Gasteiger partial charge < -0.3 is 5.11 Å². The molecule has 1 aliphatic rings. The van der Waals surface area contributed by atoms with Crippen LogP contribution in [0.2, 0.25) is 0 Å². The van der Waals surface area contributed by atoms with E-state index in [1.165, 1.54) is 0 Å². The number of aliphatic hydroxyl groups excluding tert-OH is 1. The van der Waals surface area contributed by atoms with Gasteiger partial charge in [0, 0.05) is 105 Å². The normalized spacial score (nSPS) is 14.2. The van der Waals surface area contributed by atoms with Crippen LogP contribution in [0.5, 0.6) is 0 Å². The Hall–Kier alpha value is 2.90. The third-order valence-corrected chi connectivity index (χ3v) is 1.37. The van der Waals surface area contributed by atoms with Gasteiger partial charge in [0.15, 0.2) is 0 Å². The second-order valence-electron chi connectivity index (χ2n) is 1.80. The van der Waals surface area contributed by atoms with Crippen molar-refractivity contribution in [1.29, 1.82) is 0 Å². The molecule has 7 heteroatoms. The van der Waals surface area contributed by atoms with E-state index in [4.69, 9.17) is 16.7 Å². The van der Waals surface area contributed by atoms with E-state index < -0.39 is 0 Å². The van der Waals surface area contributed by atoms with Crippen molar-refractivity contribution in [3.05, 3.63) is 0 Å². The summed E-state index contributed by atoms with van der Waals surface area (Å²) in [6.45, 7) is -0.00628. The van der Waals surface area contributed by atoms with Crippen molar-refractivity contribution in [2.45, 2.75) is 12.8 Å². The average Bonchev–Trinajstić information content (AvgIpc) is 1.90. The zero-order valence-corrected chi connectivity index (χ0v) is 15.8. The zero-order valence-electron chi connectivity index (χ0n) is 6.57. The first-order chi connectivity index (χ1) is 4.33. The molecule has 0 fully saturated rings. The molecule has 0 saturated heterocycles. The van der Waals surface area contributed by atoms with Crippen LogP contribution in [0.3, 0.4) is 0 Å². The molecule has 0 spiro atoms. The molecule has 12 heavy (non-hydrogen) atoms. The third kappa shape index (κ3) is 8.23. The van der Waals surface area contributed by atoms with E-state index in [1.54, 1.807) is 0 Å². The van der Waals surface area contributed by atoms with Gasteiger partial charge in [-0.2, -0.15) is 5.10 Å². The zero-order chi connectivity index (χ0) is 6.69. The van der Waals surface area contributed by atoms with E-state index in [1.807, 2.05) is 0 Å². The first-order valence-electron chi connectivity index (χ1n) is 2.71. The number of hydrogen-bond acceptors (Lipinski definition) is 3. The van der Waals surface area contributed by atoms with Crippen LogP contribution in [-0.4, -0.2) is 22.6 Å². The summed E-state index contributed by atoms with van der Waals surface area (Å²) in [6.07, 6.45) is 1.44. The van der Waals surface area contributed by atoms with Crippen molar-refractivity contribution in [2.75, 3.05) is 6.61 Å². The molecule has 0 aromatic carbocycles. The molecule has 1 heterocycles. The summed E-state index contributed by atoms with van der Waals surface area (Å²) in [4.78, 5) is 0. The molecular weight excluding hydrogens is 406 g/mol. The van der Waals surface area contributed by atoms with Gasteiger partial charge in [0.2, 0.25) is 0 Å². The van der Waals surface area contributed by atoms with E-state index in [2.05, 4.69) is 10.2 Å². The van der Waals surface area contributed by atoms with Gasteiger partial charge in [-0.05, 0) is 6.42 Å². The SMILES string of the molecule is OCC1=NN=C(Cl)CC1.[Y].[Y].[Y]. The minimum Gasteiger partial charge on any atom is -0.390 e. The predicted molar refractivity (Wildman–Crippen MR) is 37.0 cm³/mol. The fraction of sp³-hybridized carbons (Fsp3) is 0.600. The standard InChI is InChI=1S/C5H7ClN2O.3Y/c6-5-2-1-4(3-9)7-8-5;;;/h9H,1-3H2;;;. The fourth-order valence-electron chi connectivity index (χ4n) is 0.583. The van der Waals surface area contributed by atoms with Crippen LogP contribution in [0.25, 0.3) is 0 Å². The molecule has 0 unspecified atom stereocenters. The summed E-state index contributed by atoms with van der Waals surface area (Å²) in [5, 5.41) is 16.3. The van der Waals surface area contributed by atoms with Gasteiger partial charge in [0.1, 0.15) is 5.17 Å². The summed E-state index contributed by atoms with van der Waals surface area (Å²) in [7, 11) is 0. The minimum absolute atomic E-state index is 0. The number of halogens is 1. The second-order valence-corrected chi connectivity index (χ2v) is 2.24. The monoisotopic (exact) mass is 413 g/mol. The Kier molecular flexibility index (Phi) is 20.3. The molecule has 0 amide bonds. The number of hydrogen-bond donors (Lipinski definition) is 1. The quantitative estimate of drug-likeness (QED) is 0.678. The van der Waals surface area contributed by atoms with Crippen LogP contribution >= 0.6 is 11.6 Å². The van der Waals surface area contributed by atoms with Crippen LogP contribution in [0, 0.1) is 0 Å². The van der Waals surface area contributed by atoms with Crippen molar-refractivity contribution >= 4 is 22.5 Å². The molecule has 0 aromatic heterocycles. The maximum absolute atomic E-state index is 8.53. The van der Waals surface area contributed by atoms with Gasteiger partial charge in [0.25, 0.3) is 0 Å². The molecule has 3 nitrogen and oxygen atoms in total. The number of rotatable bonds is 1. The maximum atomic E-state index is 8.53. The van der Waals surface area contributed by atoms with Crippen molar-refractivity contribution in [2.24, 2.45) is 10.2 Å². The van der Waals surface area contributed by atoms with E-state index in [9.17, 15) is 0 Å². The maximum Gasteiger partial charge on any atom is 0.129 e. The average molecular weight is 413 g/mol. The smallest absolute Gasteiger partial charge is 0.129 e. The van der Waals surface area contributed by atoms with Gasteiger partial charge in [0.05, 0.1) is 12.3 Å². The third-order valence-electron chi connectivity index (χ3n) is 1.10. The van der Waals surface area contributed by atoms with Gasteiger partial charge >= 0.3 is 0 Å². The van der Waals surface area contributed by atoms with E-state index in [0.717, 1.165) is 6.42 Å². The Morgan fingerprint density at radius 1 is 1.17 bits per heavy atom. The largest absolute Gasteiger partial charge is 0.390 e. The molecule has 0 saturated carbocycles. The van der Waals surface area contributed by atoms with Crippen LogP contribution in [-0.2, 0) is 98.1 Å². The van der Waals surface area contributed by atoms with Gasteiger partial charge in [-0.15, -0.1) is 5.10 Å². The Labute approximate surface area is 152 Å². The summed E-state index contributed by atoms with van der Waals surface area (Å²) >= 11 is 5.50. The summed E-state index contributed by atoms with van der Waals surface area (Å²) in [5.74, 6) is 0. The molecule has 0 bridgehead atoms. The summed E-state index contributed by atoms with van der Waals surface area (Å²) in [5.41, 5.74) is 0.708. The van der Waals surface area contributed by atoms with Gasteiger partial charge in [-0.25, -0.2) is 0 Å². The predicted octanol–water partition coefficient (Wildman–Crippen LogP) is 0.758. The van der Waals surface area contributed by atoms with Crippen molar-refractivity contribution in [3.8, 4) is 0 Å². The van der Waals surface area contributed by atoms with Crippen molar-refractivity contribution in [3.63, 3.8) is 0 Å². The van der Waals surface area contributed by atoms with E-state index in [-0.39, 0.29) is 105 Å². The molecular formula is C5H7ClN2OY3. The number of nitrogens with zero attached hydrogens (tertiary/aromatic N) is 2. The molecule has 1 rings (SSSR count). The molecule has 59 valence electrons. The van der Waals surface area contributed by atoms with Crippen LogP contribution in [0.4, 0.5) is 0 Å². The Balaban J connectivity index is -0.000000270. The van der Waals surface area contributed by atoms with Crippen LogP contribution in [0.15, 0.2) is 10.2 Å². The first-order valence-corrected chi connectivity index (χ1v) is 3.09. The Bertz CT molecular complexity index is 174. The molecule has 1 N–H and O–H groups in total.